The van der Waals surface area contributed by atoms with Gasteiger partial charge in [0.25, 0.3) is 10.2 Å². The van der Waals surface area contributed by atoms with Gasteiger partial charge in [0.05, 0.1) is 15.2 Å². The van der Waals surface area contributed by atoms with Crippen LogP contribution in [0.3, 0.4) is 0 Å². The SMILES string of the molecule is CC(C)(C)NS(=O)(=O)Nc1cccc(Cl)c1Br. The van der Waals surface area contributed by atoms with Gasteiger partial charge in [-0.2, -0.15) is 13.1 Å². The minimum absolute atomic E-state index is 0.397. The average molecular weight is 342 g/mol. The van der Waals surface area contributed by atoms with Gasteiger partial charge < -0.3 is 0 Å². The van der Waals surface area contributed by atoms with Crippen molar-refractivity contribution in [2.75, 3.05) is 4.72 Å². The van der Waals surface area contributed by atoms with Gasteiger partial charge in [-0.25, -0.2) is 0 Å². The van der Waals surface area contributed by atoms with Crippen LogP contribution in [0, 0.1) is 0 Å². The fraction of sp³-hybridized carbons (Fsp3) is 0.400. The molecule has 0 fully saturated rings. The van der Waals surface area contributed by atoms with Gasteiger partial charge >= 0.3 is 0 Å². The fourth-order valence-corrected chi connectivity index (χ4v) is 3.14. The smallest absolute Gasteiger partial charge is 0.270 e. The van der Waals surface area contributed by atoms with Gasteiger partial charge in [0, 0.05) is 5.54 Å². The van der Waals surface area contributed by atoms with Gasteiger partial charge in [0.2, 0.25) is 0 Å². The van der Waals surface area contributed by atoms with Gasteiger partial charge in [0.1, 0.15) is 0 Å². The Morgan fingerprint density at radius 1 is 1.29 bits per heavy atom. The van der Waals surface area contributed by atoms with E-state index in [-0.39, 0.29) is 0 Å². The Morgan fingerprint density at radius 2 is 1.88 bits per heavy atom. The van der Waals surface area contributed by atoms with Crippen LogP contribution in [-0.4, -0.2) is 14.0 Å². The van der Waals surface area contributed by atoms with Crippen molar-refractivity contribution in [3.63, 3.8) is 0 Å². The Morgan fingerprint density at radius 3 is 2.41 bits per heavy atom. The van der Waals surface area contributed by atoms with Crippen molar-refractivity contribution in [1.82, 2.24) is 4.72 Å². The van der Waals surface area contributed by atoms with Crippen molar-refractivity contribution in [2.45, 2.75) is 26.3 Å². The molecule has 0 heterocycles. The summed E-state index contributed by atoms with van der Waals surface area (Å²) in [4.78, 5) is 0. The van der Waals surface area contributed by atoms with E-state index in [2.05, 4.69) is 25.4 Å². The van der Waals surface area contributed by atoms with Crippen molar-refractivity contribution in [3.8, 4) is 0 Å². The largest absolute Gasteiger partial charge is 0.299 e. The first-order valence-corrected chi connectivity index (χ1v) is 7.52. The van der Waals surface area contributed by atoms with Gasteiger partial charge in [-0.3, -0.25) is 4.72 Å². The minimum atomic E-state index is -3.62. The van der Waals surface area contributed by atoms with Crippen molar-refractivity contribution in [2.24, 2.45) is 0 Å². The molecule has 0 saturated heterocycles. The van der Waals surface area contributed by atoms with Gasteiger partial charge in [-0.1, -0.05) is 17.7 Å². The summed E-state index contributed by atoms with van der Waals surface area (Å²) in [5, 5.41) is 0.445. The third kappa shape index (κ3) is 4.83. The second-order valence-corrected chi connectivity index (χ2v) is 7.17. The lowest BCUT2D eigenvalue weighted by molar-refractivity contribution is 0.494. The Labute approximate surface area is 115 Å². The molecule has 17 heavy (non-hydrogen) atoms. The third-order valence-corrected chi connectivity index (χ3v) is 4.40. The van der Waals surface area contributed by atoms with E-state index < -0.39 is 15.7 Å². The van der Waals surface area contributed by atoms with Crippen LogP contribution >= 0.6 is 27.5 Å². The molecule has 7 heteroatoms. The molecule has 4 nitrogen and oxygen atoms in total. The molecular formula is C10H14BrClN2O2S. The zero-order valence-electron chi connectivity index (χ0n) is 9.71. The van der Waals surface area contributed by atoms with E-state index in [1.807, 2.05) is 0 Å². The first-order chi connectivity index (χ1) is 7.61. The first kappa shape index (κ1) is 14.8. The molecule has 2 N–H and O–H groups in total. The molecule has 0 spiro atoms. The first-order valence-electron chi connectivity index (χ1n) is 4.86. The molecule has 0 unspecified atom stereocenters. The van der Waals surface area contributed by atoms with Crippen molar-refractivity contribution >= 4 is 43.4 Å². The molecular weight excluding hydrogens is 328 g/mol. The molecule has 0 amide bonds. The quantitative estimate of drug-likeness (QED) is 0.887. The lowest BCUT2D eigenvalue weighted by Crippen LogP contribution is -2.43. The summed E-state index contributed by atoms with van der Waals surface area (Å²) >= 11 is 9.10. The van der Waals surface area contributed by atoms with Crippen LogP contribution in [-0.2, 0) is 10.2 Å². The normalized spacial score (nSPS) is 12.5. The molecule has 0 bridgehead atoms. The number of benzene rings is 1. The highest BCUT2D eigenvalue weighted by Crippen LogP contribution is 2.30. The monoisotopic (exact) mass is 340 g/mol. The lowest BCUT2D eigenvalue weighted by Gasteiger charge is -2.21. The highest BCUT2D eigenvalue weighted by molar-refractivity contribution is 9.10. The molecule has 96 valence electrons. The third-order valence-electron chi connectivity index (χ3n) is 1.64. The number of hydrogen-bond donors (Lipinski definition) is 2. The van der Waals surface area contributed by atoms with Crippen molar-refractivity contribution in [3.05, 3.63) is 27.7 Å². The maximum Gasteiger partial charge on any atom is 0.299 e. The van der Waals surface area contributed by atoms with Crippen LogP contribution in [0.2, 0.25) is 5.02 Å². The molecule has 0 aliphatic heterocycles. The molecule has 1 aromatic carbocycles. The summed E-state index contributed by atoms with van der Waals surface area (Å²) in [6, 6.07) is 4.96. The van der Waals surface area contributed by atoms with Crippen LogP contribution in [0.15, 0.2) is 22.7 Å². The second kappa shape index (κ2) is 5.14. The van der Waals surface area contributed by atoms with Gasteiger partial charge in [-0.05, 0) is 48.8 Å². The molecule has 0 atom stereocenters. The molecule has 0 radical (unpaired) electrons. The standard InChI is InChI=1S/C10H14BrClN2O2S/c1-10(2,3)14-17(15,16)13-8-6-4-5-7(12)9(8)11/h4-6,13-14H,1-3H3. The zero-order valence-corrected chi connectivity index (χ0v) is 12.9. The summed E-state index contributed by atoms with van der Waals surface area (Å²) in [5.74, 6) is 0. The Bertz CT molecular complexity index is 512. The number of anilines is 1. The lowest BCUT2D eigenvalue weighted by atomic mass is 10.1. The molecule has 0 aliphatic carbocycles. The van der Waals surface area contributed by atoms with E-state index in [0.717, 1.165) is 0 Å². The predicted octanol–water partition coefficient (Wildman–Crippen LogP) is 3.15. The second-order valence-electron chi connectivity index (χ2n) is 4.56. The topological polar surface area (TPSA) is 58.2 Å². The minimum Gasteiger partial charge on any atom is -0.270 e. The van der Waals surface area contributed by atoms with Crippen LogP contribution in [0.1, 0.15) is 20.8 Å². The summed E-state index contributed by atoms with van der Waals surface area (Å²) in [6.07, 6.45) is 0. The predicted molar refractivity (Wildman–Crippen MR) is 74.6 cm³/mol. The van der Waals surface area contributed by atoms with Crippen molar-refractivity contribution in [1.29, 1.82) is 0 Å². The van der Waals surface area contributed by atoms with Crippen LogP contribution in [0.4, 0.5) is 5.69 Å². The molecule has 0 saturated carbocycles. The summed E-state index contributed by atoms with van der Waals surface area (Å²) < 4.78 is 29.0. The maximum atomic E-state index is 11.8. The van der Waals surface area contributed by atoms with E-state index in [1.165, 1.54) is 0 Å². The summed E-state index contributed by atoms with van der Waals surface area (Å²) in [7, 11) is -3.62. The molecule has 1 aromatic rings. The number of hydrogen-bond acceptors (Lipinski definition) is 2. The fourth-order valence-electron chi connectivity index (χ4n) is 1.16. The van der Waals surface area contributed by atoms with Gasteiger partial charge in [0.15, 0.2) is 0 Å². The van der Waals surface area contributed by atoms with Crippen LogP contribution in [0.25, 0.3) is 0 Å². The Hall–Kier alpha value is -0.300. The summed E-state index contributed by atoms with van der Waals surface area (Å²) in [6.45, 7) is 5.29. The van der Waals surface area contributed by atoms with Gasteiger partial charge in [-0.15, -0.1) is 0 Å². The average Bonchev–Trinajstić information content (AvgIpc) is 2.08. The van der Waals surface area contributed by atoms with E-state index in [9.17, 15) is 8.42 Å². The molecule has 0 aliphatic rings. The molecule has 0 aromatic heterocycles. The van der Waals surface area contributed by atoms with E-state index in [1.54, 1.807) is 39.0 Å². The highest BCUT2D eigenvalue weighted by atomic mass is 79.9. The Balaban J connectivity index is 2.95. The maximum absolute atomic E-state index is 11.8. The summed E-state index contributed by atoms with van der Waals surface area (Å²) in [5.41, 5.74) is -0.147. The van der Waals surface area contributed by atoms with E-state index in [4.69, 9.17) is 11.6 Å². The van der Waals surface area contributed by atoms with Crippen LogP contribution in [0.5, 0.6) is 0 Å². The Kier molecular flexibility index (Phi) is 4.46. The molecule has 1 rings (SSSR count). The number of nitrogens with one attached hydrogen (secondary N) is 2. The van der Waals surface area contributed by atoms with Crippen molar-refractivity contribution < 1.29 is 8.42 Å². The number of halogens is 2. The van der Waals surface area contributed by atoms with Crippen LogP contribution < -0.4 is 9.44 Å². The van der Waals surface area contributed by atoms with E-state index in [0.29, 0.717) is 15.2 Å². The van der Waals surface area contributed by atoms with E-state index >= 15 is 0 Å². The number of rotatable bonds is 3. The zero-order chi connectivity index (χ0) is 13.3. The highest BCUT2D eigenvalue weighted by Gasteiger charge is 2.20.